The second kappa shape index (κ2) is 12.7. The molecule has 1 saturated carbocycles. The third-order valence-electron chi connectivity index (χ3n) is 7.82. The number of ketones is 1. The van der Waals surface area contributed by atoms with E-state index >= 15 is 0 Å². The van der Waals surface area contributed by atoms with Crippen molar-refractivity contribution in [1.29, 1.82) is 0 Å². The topological polar surface area (TPSA) is 68.5 Å². The first-order valence-corrected chi connectivity index (χ1v) is 14.2. The highest BCUT2D eigenvalue weighted by atomic mass is 32.1. The van der Waals surface area contributed by atoms with Crippen LogP contribution in [0.4, 0.5) is 5.13 Å². The number of allylic oxidation sites excluding steroid dienone is 1. The number of nitrogens with two attached hydrogens (primary N) is 1. The lowest BCUT2D eigenvalue weighted by Crippen LogP contribution is -2.41. The van der Waals surface area contributed by atoms with Crippen LogP contribution in [0.3, 0.4) is 0 Å². The molecular weight excluding hydrogens is 454 g/mol. The molecule has 6 heteroatoms. The van der Waals surface area contributed by atoms with E-state index in [-0.39, 0.29) is 5.78 Å². The molecule has 2 aliphatic carbocycles. The van der Waals surface area contributed by atoms with Gasteiger partial charge in [-0.25, -0.2) is 4.98 Å². The van der Waals surface area contributed by atoms with Gasteiger partial charge in [0.2, 0.25) is 0 Å². The average molecular weight is 496 g/mol. The van der Waals surface area contributed by atoms with Crippen LogP contribution in [0.25, 0.3) is 6.08 Å². The molecule has 190 valence electrons. The van der Waals surface area contributed by atoms with Crippen molar-refractivity contribution in [2.24, 2.45) is 11.8 Å². The number of fused-ring (bicyclic) bond motifs is 1. The van der Waals surface area contributed by atoms with Gasteiger partial charge in [-0.15, -0.1) is 11.3 Å². The molecule has 2 N–H and O–H groups in total. The Morgan fingerprint density at radius 2 is 1.89 bits per heavy atom. The highest BCUT2D eigenvalue weighted by Crippen LogP contribution is 2.34. The van der Waals surface area contributed by atoms with Crippen molar-refractivity contribution in [2.45, 2.75) is 77.2 Å². The summed E-state index contributed by atoms with van der Waals surface area (Å²) in [4.78, 5) is 21.2. The quantitative estimate of drug-likeness (QED) is 0.377. The predicted molar refractivity (Wildman–Crippen MR) is 146 cm³/mol. The maximum Gasteiger partial charge on any atom is 0.180 e. The van der Waals surface area contributed by atoms with E-state index in [2.05, 4.69) is 16.8 Å². The van der Waals surface area contributed by atoms with Crippen LogP contribution in [0.15, 0.2) is 30.3 Å². The maximum absolute atomic E-state index is 12.5. The normalized spacial score (nSPS) is 22.4. The number of benzene rings is 1. The summed E-state index contributed by atoms with van der Waals surface area (Å²) < 4.78 is 5.19. The Morgan fingerprint density at radius 3 is 2.60 bits per heavy atom. The first-order valence-electron chi connectivity index (χ1n) is 13.4. The molecule has 0 saturated heterocycles. The van der Waals surface area contributed by atoms with E-state index in [1.165, 1.54) is 68.6 Å². The van der Waals surface area contributed by atoms with Gasteiger partial charge in [0, 0.05) is 17.3 Å². The van der Waals surface area contributed by atoms with E-state index in [9.17, 15) is 4.79 Å². The Kier molecular flexibility index (Phi) is 9.38. The van der Waals surface area contributed by atoms with Gasteiger partial charge >= 0.3 is 0 Å². The molecule has 1 atom stereocenters. The zero-order valence-corrected chi connectivity index (χ0v) is 22.2. The van der Waals surface area contributed by atoms with Crippen molar-refractivity contribution in [3.63, 3.8) is 0 Å². The molecule has 0 spiro atoms. The summed E-state index contributed by atoms with van der Waals surface area (Å²) >= 11 is 1.69. The molecule has 1 aromatic heterocycles. The van der Waals surface area contributed by atoms with E-state index in [0.29, 0.717) is 18.4 Å². The van der Waals surface area contributed by atoms with E-state index < -0.39 is 0 Å². The molecular formula is C29H41N3O2S. The molecule has 1 aromatic carbocycles. The molecule has 0 aliphatic heterocycles. The number of rotatable bonds is 11. The third kappa shape index (κ3) is 7.40. The number of anilines is 1. The highest BCUT2D eigenvalue weighted by Gasteiger charge is 2.28. The summed E-state index contributed by atoms with van der Waals surface area (Å²) in [6.45, 7) is 4.66. The summed E-state index contributed by atoms with van der Waals surface area (Å²) in [6.07, 6.45) is 15.1. The Morgan fingerprint density at radius 1 is 1.14 bits per heavy atom. The molecule has 0 amide bonds. The number of nitrogens with zero attached hydrogens (tertiary/aromatic N) is 2. The summed E-state index contributed by atoms with van der Waals surface area (Å²) in [6, 6.07) is 8.44. The van der Waals surface area contributed by atoms with Crippen molar-refractivity contribution in [3.8, 4) is 5.75 Å². The second-order valence-electron chi connectivity index (χ2n) is 10.3. The summed E-state index contributed by atoms with van der Waals surface area (Å²) in [5, 5.41) is 0.726. The molecule has 5 nitrogen and oxygen atoms in total. The van der Waals surface area contributed by atoms with Crippen LogP contribution in [0.1, 0.15) is 74.4 Å². The first kappa shape index (κ1) is 25.9. The van der Waals surface area contributed by atoms with Crippen molar-refractivity contribution < 1.29 is 9.53 Å². The number of hydrogen-bond acceptors (Lipinski definition) is 6. The van der Waals surface area contributed by atoms with Gasteiger partial charge in [-0.3, -0.25) is 4.79 Å². The maximum atomic E-state index is 12.5. The summed E-state index contributed by atoms with van der Waals surface area (Å²) in [7, 11) is 1.66. The average Bonchev–Trinajstić information content (AvgIpc) is 3.25. The van der Waals surface area contributed by atoms with E-state index in [0.717, 1.165) is 35.2 Å². The lowest BCUT2D eigenvalue weighted by molar-refractivity contribution is -0.115. The van der Waals surface area contributed by atoms with Gasteiger partial charge in [0.15, 0.2) is 10.9 Å². The molecule has 1 fully saturated rings. The Bertz CT molecular complexity index is 976. The van der Waals surface area contributed by atoms with Gasteiger partial charge < -0.3 is 15.4 Å². The van der Waals surface area contributed by atoms with E-state index in [4.69, 9.17) is 10.5 Å². The number of methoxy groups -OCH3 is 1. The minimum atomic E-state index is 0.249. The van der Waals surface area contributed by atoms with Gasteiger partial charge in [-0.2, -0.15) is 0 Å². The fourth-order valence-electron chi connectivity index (χ4n) is 5.78. The van der Waals surface area contributed by atoms with E-state index in [1.54, 1.807) is 24.5 Å². The predicted octanol–water partition coefficient (Wildman–Crippen LogP) is 6.17. The van der Waals surface area contributed by atoms with Gasteiger partial charge in [-0.05, 0) is 93.6 Å². The Labute approximate surface area is 214 Å². The third-order valence-corrected chi connectivity index (χ3v) is 8.76. The Balaban J connectivity index is 1.19. The molecule has 35 heavy (non-hydrogen) atoms. The minimum Gasteiger partial charge on any atom is -0.497 e. The lowest BCUT2D eigenvalue weighted by atomic mass is 9.78. The Hall–Kier alpha value is -2.18. The second-order valence-corrected chi connectivity index (χ2v) is 11.4. The van der Waals surface area contributed by atoms with Crippen LogP contribution >= 0.6 is 11.3 Å². The molecule has 4 rings (SSSR count). The fraction of sp³-hybridized carbons (Fsp3) is 0.586. The molecule has 1 heterocycles. The van der Waals surface area contributed by atoms with Crippen LogP contribution in [-0.2, 0) is 17.6 Å². The fourth-order valence-corrected chi connectivity index (χ4v) is 6.73. The van der Waals surface area contributed by atoms with Crippen LogP contribution in [-0.4, -0.2) is 41.9 Å². The number of thiazole rings is 1. The first-order chi connectivity index (χ1) is 17.0. The summed E-state index contributed by atoms with van der Waals surface area (Å²) in [5.74, 6) is 2.42. The van der Waals surface area contributed by atoms with Crippen LogP contribution in [0, 0.1) is 11.8 Å². The van der Waals surface area contributed by atoms with Gasteiger partial charge in [-0.1, -0.05) is 38.0 Å². The van der Waals surface area contributed by atoms with Gasteiger partial charge in [0.1, 0.15) is 5.75 Å². The van der Waals surface area contributed by atoms with Crippen LogP contribution in [0.2, 0.25) is 0 Å². The molecule has 2 aliphatic rings. The van der Waals surface area contributed by atoms with Crippen LogP contribution in [0.5, 0.6) is 5.75 Å². The number of ether oxygens (including phenoxy) is 1. The zero-order chi connectivity index (χ0) is 24.6. The standard InChI is InChI=1S/C29H41N3O2S/c1-3-17-32(24-11-15-27-28(20-24)35-29(30)31-27)18-16-22-4-6-23(7-5-22)19-25(33)12-8-21-9-13-26(34-2)14-10-21/h8-10,12-14,22-24H,3-7,11,15-20H2,1-2H3,(H2,30,31)/b12-8+/t22?,23?,24-/m0/s1. The number of hydrogen-bond donors (Lipinski definition) is 1. The largest absolute Gasteiger partial charge is 0.497 e. The van der Waals surface area contributed by atoms with Crippen molar-refractivity contribution in [1.82, 2.24) is 9.88 Å². The summed E-state index contributed by atoms with van der Waals surface area (Å²) in [5.41, 5.74) is 8.23. The number of aryl methyl sites for hydroxylation is 1. The molecule has 2 aromatic rings. The minimum absolute atomic E-state index is 0.249. The SMILES string of the molecule is CCCN(CCC1CCC(CC(=O)/C=C/c2ccc(OC)cc2)CC1)[C@H]1CCc2nc(N)sc2C1. The van der Waals surface area contributed by atoms with Crippen molar-refractivity contribution in [3.05, 3.63) is 46.5 Å². The van der Waals surface area contributed by atoms with Crippen LogP contribution < -0.4 is 10.5 Å². The number of carbonyl (C=O) groups is 1. The number of aromatic nitrogens is 1. The van der Waals surface area contributed by atoms with Gasteiger partial charge in [0.05, 0.1) is 12.8 Å². The molecule has 0 unspecified atom stereocenters. The molecule has 0 bridgehead atoms. The highest BCUT2D eigenvalue weighted by molar-refractivity contribution is 7.15. The van der Waals surface area contributed by atoms with Crippen molar-refractivity contribution >= 4 is 28.3 Å². The number of carbonyl (C=O) groups excluding carboxylic acids is 1. The van der Waals surface area contributed by atoms with E-state index in [1.807, 2.05) is 30.3 Å². The van der Waals surface area contributed by atoms with Gasteiger partial charge in [0.25, 0.3) is 0 Å². The number of nitrogen functional groups attached to an aromatic ring is 1. The van der Waals surface area contributed by atoms with Crippen molar-refractivity contribution in [2.75, 3.05) is 25.9 Å². The lowest BCUT2D eigenvalue weighted by Gasteiger charge is -2.36. The smallest absolute Gasteiger partial charge is 0.180 e. The molecule has 0 radical (unpaired) electrons. The monoisotopic (exact) mass is 495 g/mol. The zero-order valence-electron chi connectivity index (χ0n) is 21.4.